The number of methoxy groups -OCH3 is 4. The minimum atomic E-state index is -1.12. The van der Waals surface area contributed by atoms with Gasteiger partial charge in [0.25, 0.3) is 0 Å². The predicted molar refractivity (Wildman–Crippen MR) is 181 cm³/mol. The van der Waals surface area contributed by atoms with E-state index in [2.05, 4.69) is 11.9 Å². The molecule has 0 fully saturated rings. The molecule has 0 bridgehead atoms. The van der Waals surface area contributed by atoms with Crippen molar-refractivity contribution in [2.24, 2.45) is 5.92 Å². The molecule has 3 aromatic rings. The summed E-state index contributed by atoms with van der Waals surface area (Å²) in [6.45, 7) is 9.27. The van der Waals surface area contributed by atoms with Crippen molar-refractivity contribution >= 4 is 17.8 Å². The first-order valence-corrected chi connectivity index (χ1v) is 15.6. The zero-order valence-corrected chi connectivity index (χ0v) is 28.9. The Morgan fingerprint density at radius 1 is 0.918 bits per heavy atom. The van der Waals surface area contributed by atoms with Gasteiger partial charge >= 0.3 is 12.1 Å². The maximum absolute atomic E-state index is 13.8. The Morgan fingerprint density at radius 3 is 2.20 bits per heavy atom. The molecule has 3 aromatic carbocycles. The second kappa shape index (κ2) is 16.1. The molecule has 4 rings (SSSR count). The average molecular weight is 678 g/mol. The van der Waals surface area contributed by atoms with Gasteiger partial charge < -0.3 is 43.2 Å². The van der Waals surface area contributed by atoms with E-state index in [9.17, 15) is 14.4 Å². The third kappa shape index (κ3) is 9.16. The minimum Gasteiger partial charge on any atom is -0.493 e. The van der Waals surface area contributed by atoms with Crippen molar-refractivity contribution in [1.82, 2.24) is 5.32 Å². The van der Waals surface area contributed by atoms with E-state index < -0.39 is 29.6 Å². The standard InChI is InChI=1S/C37H43NO11/c1-9-16-46-25-13-10-22(11-14-25)18-26(38-36(41)49-37(2,3)4)35(40)48-28-19-23(12-15-27(28)42-5)17-24-21-47-29-20-30(43-6)33(44-7)34(45-8)31(29)32(24)39/h9-15,19-20,24,26H,1,16-18,21H2,2-8H3,(H,38,41). The van der Waals surface area contributed by atoms with Gasteiger partial charge in [0, 0.05) is 12.5 Å². The number of carbonyl (C=O) groups excluding carboxylic acids is 3. The van der Waals surface area contributed by atoms with E-state index in [4.69, 9.17) is 37.9 Å². The van der Waals surface area contributed by atoms with E-state index in [0.29, 0.717) is 29.4 Å². The summed E-state index contributed by atoms with van der Waals surface area (Å²) in [6, 6.07) is 12.6. The summed E-state index contributed by atoms with van der Waals surface area (Å²) in [5.41, 5.74) is 0.890. The zero-order valence-electron chi connectivity index (χ0n) is 28.9. The van der Waals surface area contributed by atoms with Crippen LogP contribution in [0.1, 0.15) is 42.3 Å². The van der Waals surface area contributed by atoms with Crippen molar-refractivity contribution < 1.29 is 52.3 Å². The number of fused-ring (bicyclic) bond motifs is 1. The Kier molecular flexibility index (Phi) is 12.0. The van der Waals surface area contributed by atoms with Crippen LogP contribution in [0.5, 0.6) is 40.2 Å². The van der Waals surface area contributed by atoms with Crippen LogP contribution in [-0.4, -0.2) is 71.1 Å². The first kappa shape index (κ1) is 36.4. The molecule has 1 aliphatic heterocycles. The highest BCUT2D eigenvalue weighted by Gasteiger charge is 2.36. The molecule has 1 aliphatic rings. The summed E-state index contributed by atoms with van der Waals surface area (Å²) in [7, 11) is 5.83. The van der Waals surface area contributed by atoms with E-state index in [1.165, 1.54) is 28.4 Å². The molecule has 0 aliphatic carbocycles. The highest BCUT2D eigenvalue weighted by Crippen LogP contribution is 2.47. The fourth-order valence-corrected chi connectivity index (χ4v) is 5.25. The lowest BCUT2D eigenvalue weighted by molar-refractivity contribution is -0.136. The van der Waals surface area contributed by atoms with Crippen LogP contribution >= 0.6 is 0 Å². The average Bonchev–Trinajstić information content (AvgIpc) is 3.07. The molecule has 1 heterocycles. The molecule has 0 aromatic heterocycles. The Morgan fingerprint density at radius 2 is 1.59 bits per heavy atom. The second-order valence-electron chi connectivity index (χ2n) is 12.1. The van der Waals surface area contributed by atoms with E-state index in [0.717, 1.165) is 5.56 Å². The van der Waals surface area contributed by atoms with Gasteiger partial charge in [-0.1, -0.05) is 30.9 Å². The number of hydrogen-bond acceptors (Lipinski definition) is 11. The molecule has 0 saturated carbocycles. The number of alkyl carbamates (subject to hydrolysis) is 1. The largest absolute Gasteiger partial charge is 0.493 e. The lowest BCUT2D eigenvalue weighted by Crippen LogP contribution is -2.46. The molecule has 2 unspecified atom stereocenters. The lowest BCUT2D eigenvalue weighted by atomic mass is 9.88. The van der Waals surface area contributed by atoms with Crippen LogP contribution in [0.15, 0.2) is 61.2 Å². The van der Waals surface area contributed by atoms with Crippen molar-refractivity contribution in [3.05, 3.63) is 77.9 Å². The van der Waals surface area contributed by atoms with Crippen LogP contribution < -0.4 is 38.5 Å². The van der Waals surface area contributed by atoms with Gasteiger partial charge in [-0.25, -0.2) is 9.59 Å². The van der Waals surface area contributed by atoms with Gasteiger partial charge in [0.05, 0.1) is 41.0 Å². The van der Waals surface area contributed by atoms with Crippen LogP contribution in [0, 0.1) is 5.92 Å². The summed E-state index contributed by atoms with van der Waals surface area (Å²) < 4.78 is 44.7. The third-order valence-electron chi connectivity index (χ3n) is 7.48. The van der Waals surface area contributed by atoms with Gasteiger partial charge in [-0.3, -0.25) is 4.79 Å². The number of nitrogens with one attached hydrogen (secondary N) is 1. The topological polar surface area (TPSA) is 137 Å². The van der Waals surface area contributed by atoms with Crippen molar-refractivity contribution in [3.8, 4) is 40.2 Å². The number of carbonyl (C=O) groups is 3. The Balaban J connectivity index is 1.57. The minimum absolute atomic E-state index is 0.102. The third-order valence-corrected chi connectivity index (χ3v) is 7.48. The molecule has 262 valence electrons. The number of ketones is 1. The number of esters is 1. The number of ether oxygens (including phenoxy) is 8. The SMILES string of the molecule is C=CCOc1ccc(CC(NC(=O)OC(C)(C)C)C(=O)Oc2cc(CC3COc4cc(OC)c(OC)c(OC)c4C3=O)ccc2OC)cc1. The molecule has 12 heteroatoms. The Bertz CT molecular complexity index is 1660. The molecule has 12 nitrogen and oxygen atoms in total. The number of Topliss-reactive ketones (excluding diaryl/α,β-unsaturated/α-hetero) is 1. The molecular formula is C37H43NO11. The van der Waals surface area contributed by atoms with E-state index in [-0.39, 0.29) is 53.8 Å². The van der Waals surface area contributed by atoms with Gasteiger partial charge in [-0.05, 0) is 62.6 Å². The highest BCUT2D eigenvalue weighted by molar-refractivity contribution is 6.05. The van der Waals surface area contributed by atoms with Crippen LogP contribution in [0.25, 0.3) is 0 Å². The van der Waals surface area contributed by atoms with Crippen molar-refractivity contribution in [2.75, 3.05) is 41.7 Å². The Hall–Kier alpha value is -5.39. The summed E-state index contributed by atoms with van der Waals surface area (Å²) in [5.74, 6) is 0.714. The summed E-state index contributed by atoms with van der Waals surface area (Å²) in [4.78, 5) is 40.2. The normalized spacial score (nSPS) is 14.3. The Labute approximate surface area is 286 Å². The zero-order chi connectivity index (χ0) is 35.7. The molecule has 1 amide bonds. The molecular weight excluding hydrogens is 634 g/mol. The summed E-state index contributed by atoms with van der Waals surface area (Å²) in [5, 5.41) is 2.64. The van der Waals surface area contributed by atoms with E-state index in [1.54, 1.807) is 75.4 Å². The maximum atomic E-state index is 13.8. The number of rotatable bonds is 14. The highest BCUT2D eigenvalue weighted by atomic mass is 16.6. The van der Waals surface area contributed by atoms with Crippen LogP contribution in [0.3, 0.4) is 0 Å². The molecule has 0 saturated heterocycles. The van der Waals surface area contributed by atoms with E-state index >= 15 is 0 Å². The van der Waals surface area contributed by atoms with Crippen molar-refractivity contribution in [2.45, 2.75) is 45.3 Å². The molecule has 49 heavy (non-hydrogen) atoms. The molecule has 2 atom stereocenters. The van der Waals surface area contributed by atoms with Gasteiger partial charge in [0.2, 0.25) is 5.75 Å². The number of benzene rings is 3. The van der Waals surface area contributed by atoms with Gasteiger partial charge in [0.15, 0.2) is 28.8 Å². The quantitative estimate of drug-likeness (QED) is 0.127. The van der Waals surface area contributed by atoms with E-state index in [1.807, 2.05) is 0 Å². The van der Waals surface area contributed by atoms with Gasteiger partial charge in [-0.2, -0.15) is 0 Å². The summed E-state index contributed by atoms with van der Waals surface area (Å²) in [6.07, 6.45) is 1.22. The van der Waals surface area contributed by atoms with Crippen molar-refractivity contribution in [3.63, 3.8) is 0 Å². The number of hydrogen-bond donors (Lipinski definition) is 1. The first-order valence-electron chi connectivity index (χ1n) is 15.6. The smallest absolute Gasteiger partial charge is 0.408 e. The maximum Gasteiger partial charge on any atom is 0.408 e. The molecule has 0 spiro atoms. The van der Waals surface area contributed by atoms with Crippen LogP contribution in [0.2, 0.25) is 0 Å². The molecule has 1 N–H and O–H groups in total. The van der Waals surface area contributed by atoms with Crippen molar-refractivity contribution in [1.29, 1.82) is 0 Å². The fourth-order valence-electron chi connectivity index (χ4n) is 5.25. The predicted octanol–water partition coefficient (Wildman–Crippen LogP) is 5.76. The van der Waals surface area contributed by atoms with Gasteiger partial charge in [-0.15, -0.1) is 0 Å². The monoisotopic (exact) mass is 677 g/mol. The fraction of sp³-hybridized carbons (Fsp3) is 0.378. The van der Waals surface area contributed by atoms with Crippen LogP contribution in [-0.2, 0) is 22.4 Å². The first-order chi connectivity index (χ1) is 23.4. The van der Waals surface area contributed by atoms with Crippen LogP contribution in [0.4, 0.5) is 4.79 Å². The molecule has 0 radical (unpaired) electrons. The second-order valence-corrected chi connectivity index (χ2v) is 12.1. The summed E-state index contributed by atoms with van der Waals surface area (Å²) >= 11 is 0. The number of amides is 1. The van der Waals surface area contributed by atoms with Gasteiger partial charge in [0.1, 0.15) is 35.3 Å². The lowest BCUT2D eigenvalue weighted by Gasteiger charge is -2.27.